The van der Waals surface area contributed by atoms with Crippen LogP contribution in [0.25, 0.3) is 0 Å². The lowest BCUT2D eigenvalue weighted by molar-refractivity contribution is 0.414. The summed E-state index contributed by atoms with van der Waals surface area (Å²) in [6.45, 7) is 1.41. The van der Waals surface area contributed by atoms with Crippen molar-refractivity contribution in [2.24, 2.45) is 0 Å². The Hall–Kier alpha value is -2.35. The lowest BCUT2D eigenvalue weighted by atomic mass is 10.1. The topological polar surface area (TPSA) is 47.5 Å². The molecular weight excluding hydrogens is 441 g/mol. The van der Waals surface area contributed by atoms with E-state index in [2.05, 4.69) is 61.7 Å². The van der Waals surface area contributed by atoms with Crippen molar-refractivity contribution in [3.8, 4) is 11.5 Å². The number of hydrogen-bond donors (Lipinski definition) is 0. The molecule has 134 valence electrons. The van der Waals surface area contributed by atoms with E-state index < -0.39 is 0 Å². The monoisotopic (exact) mass is 461 g/mol. The molecule has 0 aliphatic heterocycles. The largest absolute Gasteiger partial charge is 0.497 e. The van der Waals surface area contributed by atoms with Crippen LogP contribution in [0.5, 0.6) is 11.5 Å². The fraction of sp³-hybridized carbons (Fsp3) is 0.200. The van der Waals surface area contributed by atoms with Crippen molar-refractivity contribution >= 4 is 28.5 Å². The number of nitrogens with zero attached hydrogens (tertiary/aromatic N) is 3. The SMILES string of the molecule is COc1ccc(CN(Cc2ccc(OC)cc2)c2ncc(I)cn2)cc1. The fourth-order valence-electron chi connectivity index (χ4n) is 2.57. The van der Waals surface area contributed by atoms with Crippen LogP contribution in [0.15, 0.2) is 60.9 Å². The number of anilines is 1. The van der Waals surface area contributed by atoms with Gasteiger partial charge < -0.3 is 14.4 Å². The molecule has 1 heterocycles. The first-order valence-electron chi connectivity index (χ1n) is 8.16. The molecule has 3 aromatic rings. The van der Waals surface area contributed by atoms with Crippen LogP contribution in [0.4, 0.5) is 5.95 Å². The van der Waals surface area contributed by atoms with Gasteiger partial charge >= 0.3 is 0 Å². The highest BCUT2D eigenvalue weighted by atomic mass is 127. The van der Waals surface area contributed by atoms with Gasteiger partial charge in [0.2, 0.25) is 5.95 Å². The second-order valence-corrected chi connectivity index (χ2v) is 7.00. The second kappa shape index (κ2) is 8.84. The van der Waals surface area contributed by atoms with Gasteiger partial charge in [-0.2, -0.15) is 0 Å². The Morgan fingerprint density at radius 1 is 0.769 bits per heavy atom. The lowest BCUT2D eigenvalue weighted by Gasteiger charge is -2.23. The summed E-state index contributed by atoms with van der Waals surface area (Å²) in [6.07, 6.45) is 3.66. The zero-order chi connectivity index (χ0) is 18.4. The maximum absolute atomic E-state index is 5.24. The van der Waals surface area contributed by atoms with Crippen molar-refractivity contribution in [2.75, 3.05) is 19.1 Å². The number of hydrogen-bond acceptors (Lipinski definition) is 5. The van der Waals surface area contributed by atoms with Crippen LogP contribution < -0.4 is 14.4 Å². The van der Waals surface area contributed by atoms with Crippen LogP contribution in [0.1, 0.15) is 11.1 Å². The van der Waals surface area contributed by atoms with Crippen molar-refractivity contribution < 1.29 is 9.47 Å². The highest BCUT2D eigenvalue weighted by Crippen LogP contribution is 2.20. The van der Waals surface area contributed by atoms with E-state index in [0.29, 0.717) is 19.0 Å². The number of aromatic nitrogens is 2. The molecule has 0 saturated carbocycles. The maximum atomic E-state index is 5.24. The van der Waals surface area contributed by atoms with Gasteiger partial charge in [-0.3, -0.25) is 0 Å². The molecule has 26 heavy (non-hydrogen) atoms. The number of halogens is 1. The molecule has 6 heteroatoms. The van der Waals surface area contributed by atoms with Gasteiger partial charge in [-0.15, -0.1) is 0 Å². The summed E-state index contributed by atoms with van der Waals surface area (Å²) in [5, 5.41) is 0. The molecule has 0 bridgehead atoms. The van der Waals surface area contributed by atoms with Gasteiger partial charge in [0.25, 0.3) is 0 Å². The molecule has 0 spiro atoms. The highest BCUT2D eigenvalue weighted by molar-refractivity contribution is 14.1. The van der Waals surface area contributed by atoms with Crippen LogP contribution in [0.2, 0.25) is 0 Å². The minimum atomic E-state index is 0.705. The second-order valence-electron chi connectivity index (χ2n) is 5.75. The minimum absolute atomic E-state index is 0.705. The van der Waals surface area contributed by atoms with Gasteiger partial charge in [0.1, 0.15) is 11.5 Å². The molecule has 0 aliphatic carbocycles. The zero-order valence-electron chi connectivity index (χ0n) is 14.7. The summed E-state index contributed by atoms with van der Waals surface area (Å²) < 4.78 is 11.5. The molecule has 0 fully saturated rings. The van der Waals surface area contributed by atoms with E-state index >= 15 is 0 Å². The van der Waals surface area contributed by atoms with Crippen LogP contribution in [0, 0.1) is 3.57 Å². The number of methoxy groups -OCH3 is 2. The average Bonchev–Trinajstić information content (AvgIpc) is 2.69. The van der Waals surface area contributed by atoms with Crippen molar-refractivity contribution in [3.63, 3.8) is 0 Å². The Morgan fingerprint density at radius 2 is 1.19 bits per heavy atom. The Kier molecular flexibility index (Phi) is 6.27. The summed E-state index contributed by atoms with van der Waals surface area (Å²) in [5.74, 6) is 2.40. The standard InChI is InChI=1S/C20H20IN3O2/c1-25-18-7-3-15(4-8-18)13-24(20-22-11-17(21)12-23-20)14-16-5-9-19(26-2)10-6-16/h3-12H,13-14H2,1-2H3. The van der Waals surface area contributed by atoms with Crippen LogP contribution in [-0.2, 0) is 13.1 Å². The maximum Gasteiger partial charge on any atom is 0.225 e. The molecule has 0 unspecified atom stereocenters. The van der Waals surface area contributed by atoms with E-state index in [9.17, 15) is 0 Å². The minimum Gasteiger partial charge on any atom is -0.497 e. The number of benzene rings is 2. The first-order chi connectivity index (χ1) is 12.7. The van der Waals surface area contributed by atoms with E-state index in [0.717, 1.165) is 15.1 Å². The number of ether oxygens (including phenoxy) is 2. The van der Waals surface area contributed by atoms with Gasteiger partial charge in [0.15, 0.2) is 0 Å². The van der Waals surface area contributed by atoms with Crippen molar-refractivity contribution in [1.82, 2.24) is 9.97 Å². The quantitative estimate of drug-likeness (QED) is 0.491. The normalized spacial score (nSPS) is 10.4. The van der Waals surface area contributed by atoms with E-state index in [4.69, 9.17) is 9.47 Å². The average molecular weight is 461 g/mol. The third-order valence-electron chi connectivity index (χ3n) is 3.95. The van der Waals surface area contributed by atoms with E-state index in [1.165, 1.54) is 11.1 Å². The Bertz CT molecular complexity index is 772. The van der Waals surface area contributed by atoms with Crippen molar-refractivity contribution in [1.29, 1.82) is 0 Å². The predicted octanol–water partition coefficient (Wildman–Crippen LogP) is 4.31. The summed E-state index contributed by atoms with van der Waals surface area (Å²) in [5.41, 5.74) is 2.34. The van der Waals surface area contributed by atoms with E-state index in [-0.39, 0.29) is 0 Å². The van der Waals surface area contributed by atoms with E-state index in [1.807, 2.05) is 36.7 Å². The molecule has 0 N–H and O–H groups in total. The van der Waals surface area contributed by atoms with Crippen molar-refractivity contribution in [3.05, 3.63) is 75.6 Å². The van der Waals surface area contributed by atoms with Gasteiger partial charge in [-0.1, -0.05) is 24.3 Å². The molecule has 0 aliphatic rings. The van der Waals surface area contributed by atoms with Crippen LogP contribution in [0.3, 0.4) is 0 Å². The van der Waals surface area contributed by atoms with Crippen LogP contribution >= 0.6 is 22.6 Å². The molecule has 3 rings (SSSR count). The third-order valence-corrected chi connectivity index (χ3v) is 4.51. The Balaban J connectivity index is 1.83. The first kappa shape index (κ1) is 18.4. The molecule has 0 saturated heterocycles. The van der Waals surface area contributed by atoms with Gasteiger partial charge in [0.05, 0.1) is 14.2 Å². The molecule has 0 atom stereocenters. The van der Waals surface area contributed by atoms with Gasteiger partial charge in [-0.05, 0) is 58.0 Å². The molecule has 0 radical (unpaired) electrons. The zero-order valence-corrected chi connectivity index (χ0v) is 16.9. The lowest BCUT2D eigenvalue weighted by Crippen LogP contribution is -2.24. The summed E-state index contributed by atoms with van der Waals surface area (Å²) in [6, 6.07) is 16.1. The molecule has 1 aromatic heterocycles. The number of rotatable bonds is 7. The molecule has 2 aromatic carbocycles. The summed E-state index contributed by atoms with van der Waals surface area (Å²) in [7, 11) is 3.34. The summed E-state index contributed by atoms with van der Waals surface area (Å²) in [4.78, 5) is 11.1. The predicted molar refractivity (Wildman–Crippen MR) is 111 cm³/mol. The van der Waals surface area contributed by atoms with Crippen LogP contribution in [-0.4, -0.2) is 24.2 Å². The smallest absolute Gasteiger partial charge is 0.225 e. The summed E-state index contributed by atoms with van der Waals surface area (Å²) >= 11 is 2.21. The Labute approximate surface area is 167 Å². The third kappa shape index (κ3) is 4.85. The fourth-order valence-corrected chi connectivity index (χ4v) is 2.85. The van der Waals surface area contributed by atoms with Gasteiger partial charge in [-0.25, -0.2) is 9.97 Å². The molecular formula is C20H20IN3O2. The van der Waals surface area contributed by atoms with Gasteiger partial charge in [0, 0.05) is 29.1 Å². The van der Waals surface area contributed by atoms with E-state index in [1.54, 1.807) is 14.2 Å². The first-order valence-corrected chi connectivity index (χ1v) is 9.24. The van der Waals surface area contributed by atoms with Crippen molar-refractivity contribution in [2.45, 2.75) is 13.1 Å². The Morgan fingerprint density at radius 3 is 1.58 bits per heavy atom. The molecule has 0 amide bonds. The highest BCUT2D eigenvalue weighted by Gasteiger charge is 2.12. The molecule has 5 nitrogen and oxygen atoms in total.